The zero-order valence-electron chi connectivity index (χ0n) is 15.0. The first-order valence-electron chi connectivity index (χ1n) is 8.87. The fourth-order valence-electron chi connectivity index (χ4n) is 2.67. The molecule has 2 N–H and O–H groups in total. The third-order valence-corrected chi connectivity index (χ3v) is 5.14. The van der Waals surface area contributed by atoms with Gasteiger partial charge in [0, 0.05) is 5.92 Å². The van der Waals surface area contributed by atoms with Crippen molar-refractivity contribution in [3.63, 3.8) is 0 Å². The highest BCUT2D eigenvalue weighted by Gasteiger charge is 2.30. The van der Waals surface area contributed by atoms with Gasteiger partial charge in [-0.25, -0.2) is 4.79 Å². The molecule has 10 heteroatoms. The lowest BCUT2D eigenvalue weighted by molar-refractivity contribution is -0.117. The summed E-state index contributed by atoms with van der Waals surface area (Å²) in [6.07, 6.45) is 5.33. The van der Waals surface area contributed by atoms with Crippen molar-refractivity contribution >= 4 is 23.7 Å². The van der Waals surface area contributed by atoms with Gasteiger partial charge in [0.05, 0.1) is 31.4 Å². The Balaban J connectivity index is 1.31. The Labute approximate surface area is 164 Å². The molecule has 3 aromatic heterocycles. The van der Waals surface area contributed by atoms with E-state index in [0.717, 1.165) is 24.4 Å². The largest absolute Gasteiger partial charge is 0.467 e. The van der Waals surface area contributed by atoms with Gasteiger partial charge in [-0.3, -0.25) is 14.7 Å². The molecule has 1 aliphatic rings. The van der Waals surface area contributed by atoms with Gasteiger partial charge in [-0.05, 0) is 37.1 Å². The number of carbonyl (C=O) groups excluding carboxylic acids is 2. The van der Waals surface area contributed by atoms with Crippen molar-refractivity contribution in [3.05, 3.63) is 54.1 Å². The summed E-state index contributed by atoms with van der Waals surface area (Å²) in [5.41, 5.74) is 0. The summed E-state index contributed by atoms with van der Waals surface area (Å²) in [7, 11) is 0. The average molecular weight is 401 g/mol. The van der Waals surface area contributed by atoms with Crippen molar-refractivity contribution in [3.8, 4) is 0 Å². The maximum atomic E-state index is 12.1. The Bertz CT molecular complexity index is 932. The number of rotatable bonds is 8. The van der Waals surface area contributed by atoms with Crippen LogP contribution in [0.2, 0.25) is 0 Å². The molecule has 0 spiro atoms. The number of nitrogens with one attached hydrogen (secondary N) is 2. The number of hydrogen-bond acceptors (Lipinski definition) is 7. The molecule has 0 atom stereocenters. The molecule has 0 bridgehead atoms. The smallest absolute Gasteiger partial charge is 0.321 e. The van der Waals surface area contributed by atoms with Gasteiger partial charge in [0.1, 0.15) is 17.3 Å². The first kappa shape index (κ1) is 18.4. The first-order valence-corrected chi connectivity index (χ1v) is 9.86. The van der Waals surface area contributed by atoms with E-state index in [4.69, 9.17) is 8.83 Å². The highest BCUT2D eigenvalue weighted by molar-refractivity contribution is 7.99. The number of urea groups is 1. The molecular weight excluding hydrogens is 382 g/mol. The van der Waals surface area contributed by atoms with Crippen LogP contribution in [0.4, 0.5) is 4.79 Å². The van der Waals surface area contributed by atoms with Crippen LogP contribution in [-0.4, -0.2) is 32.5 Å². The number of carbonyl (C=O) groups is 2. The van der Waals surface area contributed by atoms with Crippen molar-refractivity contribution in [2.24, 2.45) is 0 Å². The topological polar surface area (TPSA) is 115 Å². The molecule has 28 heavy (non-hydrogen) atoms. The van der Waals surface area contributed by atoms with Crippen molar-refractivity contribution < 1.29 is 18.4 Å². The Morgan fingerprint density at radius 3 is 2.57 bits per heavy atom. The number of nitrogens with zero attached hydrogens (tertiary/aromatic N) is 3. The Morgan fingerprint density at radius 2 is 1.89 bits per heavy atom. The summed E-state index contributed by atoms with van der Waals surface area (Å²) in [5, 5.41) is 14.0. The zero-order valence-corrected chi connectivity index (χ0v) is 15.8. The highest BCUT2D eigenvalue weighted by atomic mass is 32.2. The highest BCUT2D eigenvalue weighted by Crippen LogP contribution is 2.40. The van der Waals surface area contributed by atoms with E-state index < -0.39 is 11.9 Å². The SMILES string of the molecule is O=C(CSc1nnc(C2CC2)n1Cc1ccco1)NC(=O)NCc1ccco1. The van der Waals surface area contributed by atoms with Gasteiger partial charge in [-0.1, -0.05) is 11.8 Å². The molecule has 0 unspecified atom stereocenters. The lowest BCUT2D eigenvalue weighted by Crippen LogP contribution is -2.39. The first-order chi connectivity index (χ1) is 13.7. The minimum Gasteiger partial charge on any atom is -0.467 e. The van der Waals surface area contributed by atoms with Crippen molar-refractivity contribution in [1.82, 2.24) is 25.4 Å². The van der Waals surface area contributed by atoms with E-state index in [2.05, 4.69) is 20.8 Å². The second-order valence-corrected chi connectivity index (χ2v) is 7.32. The summed E-state index contributed by atoms with van der Waals surface area (Å²) in [4.78, 5) is 23.9. The number of thioether (sulfide) groups is 1. The second kappa shape index (κ2) is 8.34. The summed E-state index contributed by atoms with van der Waals surface area (Å²) in [6.45, 7) is 0.723. The molecule has 1 aliphatic carbocycles. The van der Waals surface area contributed by atoms with Crippen LogP contribution in [0.3, 0.4) is 0 Å². The fourth-order valence-corrected chi connectivity index (χ4v) is 3.42. The molecule has 3 aromatic rings. The van der Waals surface area contributed by atoms with Gasteiger partial charge in [0.2, 0.25) is 5.91 Å². The van der Waals surface area contributed by atoms with E-state index >= 15 is 0 Å². The van der Waals surface area contributed by atoms with E-state index in [1.165, 1.54) is 18.0 Å². The van der Waals surface area contributed by atoms with E-state index in [1.54, 1.807) is 18.4 Å². The Kier molecular flexibility index (Phi) is 5.47. The van der Waals surface area contributed by atoms with E-state index in [0.29, 0.717) is 23.4 Å². The quantitative estimate of drug-likeness (QED) is 0.557. The van der Waals surface area contributed by atoms with Gasteiger partial charge in [-0.2, -0.15) is 0 Å². The van der Waals surface area contributed by atoms with Crippen molar-refractivity contribution in [1.29, 1.82) is 0 Å². The monoisotopic (exact) mass is 401 g/mol. The predicted molar refractivity (Wildman–Crippen MR) is 99.6 cm³/mol. The molecule has 0 aliphatic heterocycles. The standard InChI is InChI=1S/C18H19N5O4S/c24-15(20-17(25)19-9-13-3-1-7-26-13)11-28-18-22-21-16(12-5-6-12)23(18)10-14-4-2-8-27-14/h1-4,7-8,12H,5-6,9-11H2,(H2,19,20,24,25). The summed E-state index contributed by atoms with van der Waals surface area (Å²) >= 11 is 1.24. The normalized spacial score (nSPS) is 13.4. The van der Waals surface area contributed by atoms with Crippen LogP contribution in [0, 0.1) is 0 Å². The molecule has 1 fully saturated rings. The predicted octanol–water partition coefficient (Wildman–Crippen LogP) is 2.51. The van der Waals surface area contributed by atoms with Crippen LogP contribution in [0.25, 0.3) is 0 Å². The van der Waals surface area contributed by atoms with Crippen LogP contribution in [0.15, 0.2) is 50.8 Å². The van der Waals surface area contributed by atoms with Gasteiger partial charge in [0.25, 0.3) is 0 Å². The third kappa shape index (κ3) is 4.63. The molecule has 0 aromatic carbocycles. The number of hydrogen-bond donors (Lipinski definition) is 2. The number of imide groups is 1. The number of furan rings is 2. The van der Waals surface area contributed by atoms with Gasteiger partial charge in [0.15, 0.2) is 5.16 Å². The summed E-state index contributed by atoms with van der Waals surface area (Å²) in [5.74, 6) is 2.37. The number of amides is 3. The molecule has 3 heterocycles. The van der Waals surface area contributed by atoms with Gasteiger partial charge in [-0.15, -0.1) is 10.2 Å². The third-order valence-electron chi connectivity index (χ3n) is 4.17. The lowest BCUT2D eigenvalue weighted by Gasteiger charge is -2.08. The molecular formula is C18H19N5O4S. The lowest BCUT2D eigenvalue weighted by atomic mass is 10.3. The summed E-state index contributed by atoms with van der Waals surface area (Å²) < 4.78 is 12.5. The molecule has 4 rings (SSSR count). The maximum Gasteiger partial charge on any atom is 0.321 e. The fraction of sp³-hybridized carbons (Fsp3) is 0.333. The van der Waals surface area contributed by atoms with E-state index in [9.17, 15) is 9.59 Å². The minimum atomic E-state index is -0.572. The Hall–Kier alpha value is -3.01. The Morgan fingerprint density at radius 1 is 1.14 bits per heavy atom. The number of aromatic nitrogens is 3. The minimum absolute atomic E-state index is 0.0507. The molecule has 3 amide bonds. The van der Waals surface area contributed by atoms with Crippen molar-refractivity contribution in [2.45, 2.75) is 37.0 Å². The van der Waals surface area contributed by atoms with Crippen LogP contribution in [-0.2, 0) is 17.9 Å². The van der Waals surface area contributed by atoms with Gasteiger partial charge < -0.3 is 14.2 Å². The molecule has 146 valence electrons. The molecule has 1 saturated carbocycles. The molecule has 0 radical (unpaired) electrons. The van der Waals surface area contributed by atoms with E-state index in [-0.39, 0.29) is 12.3 Å². The maximum absolute atomic E-state index is 12.1. The van der Waals surface area contributed by atoms with Crippen LogP contribution in [0.5, 0.6) is 0 Å². The van der Waals surface area contributed by atoms with Crippen molar-refractivity contribution in [2.75, 3.05) is 5.75 Å². The molecule has 0 saturated heterocycles. The van der Waals surface area contributed by atoms with Crippen LogP contribution >= 0.6 is 11.8 Å². The second-order valence-electron chi connectivity index (χ2n) is 6.38. The van der Waals surface area contributed by atoms with Crippen LogP contribution < -0.4 is 10.6 Å². The zero-order chi connectivity index (χ0) is 19.3. The molecule has 9 nitrogen and oxygen atoms in total. The average Bonchev–Trinajstić information content (AvgIpc) is 3.09. The summed E-state index contributed by atoms with van der Waals surface area (Å²) in [6, 6.07) is 6.61. The van der Waals surface area contributed by atoms with Crippen LogP contribution in [0.1, 0.15) is 36.1 Å². The van der Waals surface area contributed by atoms with E-state index in [1.807, 2.05) is 16.7 Å². The van der Waals surface area contributed by atoms with Gasteiger partial charge >= 0.3 is 6.03 Å².